The number of para-hydroxylation sites is 1. The Morgan fingerprint density at radius 1 is 1.53 bits per heavy atom. The lowest BCUT2D eigenvalue weighted by Crippen LogP contribution is -2.06. The molecular formula is C12H13NO4. The minimum Gasteiger partial charge on any atom is -0.493 e. The van der Waals surface area contributed by atoms with E-state index in [1.54, 1.807) is 12.1 Å². The molecule has 0 radical (unpaired) electrons. The highest BCUT2D eigenvalue weighted by atomic mass is 16.5. The molecule has 17 heavy (non-hydrogen) atoms. The third-order valence-electron chi connectivity index (χ3n) is 2.11. The van der Waals surface area contributed by atoms with Gasteiger partial charge in [-0.25, -0.2) is 4.79 Å². The monoisotopic (exact) mass is 235 g/mol. The van der Waals surface area contributed by atoms with Gasteiger partial charge in [0.05, 0.1) is 19.8 Å². The molecule has 0 spiro atoms. The zero-order chi connectivity index (χ0) is 12.7. The molecule has 1 aromatic rings. The molecule has 0 atom stereocenters. The highest BCUT2D eigenvalue weighted by molar-refractivity contribution is 5.92. The number of rotatable bonds is 6. The summed E-state index contributed by atoms with van der Waals surface area (Å²) in [5.41, 5.74) is 0.0568. The maximum Gasteiger partial charge on any atom is 0.339 e. The predicted octanol–water partition coefficient (Wildman–Crippen LogP) is 2.08. The molecule has 1 aromatic carbocycles. The highest BCUT2D eigenvalue weighted by Gasteiger charge is 2.15. The van der Waals surface area contributed by atoms with Crippen molar-refractivity contribution >= 4 is 5.97 Å². The van der Waals surface area contributed by atoms with Crippen molar-refractivity contribution in [1.29, 1.82) is 5.26 Å². The Bertz CT molecular complexity index is 437. The maximum atomic E-state index is 11.0. The second kappa shape index (κ2) is 6.38. The molecule has 0 saturated carbocycles. The van der Waals surface area contributed by atoms with Crippen molar-refractivity contribution in [2.24, 2.45) is 0 Å². The molecule has 0 saturated heterocycles. The van der Waals surface area contributed by atoms with Crippen LogP contribution >= 0.6 is 0 Å². The number of aromatic carboxylic acids is 1. The van der Waals surface area contributed by atoms with Gasteiger partial charge in [0, 0.05) is 6.42 Å². The molecule has 0 heterocycles. The molecule has 5 nitrogen and oxygen atoms in total. The van der Waals surface area contributed by atoms with E-state index in [0.717, 1.165) is 0 Å². The van der Waals surface area contributed by atoms with E-state index < -0.39 is 5.97 Å². The van der Waals surface area contributed by atoms with E-state index in [1.807, 2.05) is 6.07 Å². The minimum absolute atomic E-state index is 0.0568. The summed E-state index contributed by atoms with van der Waals surface area (Å²) in [6, 6.07) is 6.66. The molecular weight excluding hydrogens is 222 g/mol. The number of hydrogen-bond acceptors (Lipinski definition) is 4. The van der Waals surface area contributed by atoms with Crippen LogP contribution in [-0.4, -0.2) is 24.8 Å². The fourth-order valence-corrected chi connectivity index (χ4v) is 1.32. The van der Waals surface area contributed by atoms with Crippen LogP contribution in [0.4, 0.5) is 0 Å². The summed E-state index contributed by atoms with van der Waals surface area (Å²) in [5, 5.41) is 17.4. The lowest BCUT2D eigenvalue weighted by molar-refractivity contribution is 0.0691. The average molecular weight is 235 g/mol. The molecule has 5 heteroatoms. The van der Waals surface area contributed by atoms with Crippen molar-refractivity contribution in [3.05, 3.63) is 23.8 Å². The normalized spacial score (nSPS) is 9.41. The number of carboxylic acids is 1. The number of carboxylic acid groups (broad SMARTS) is 1. The largest absolute Gasteiger partial charge is 0.493 e. The first-order valence-corrected chi connectivity index (χ1v) is 5.10. The second-order valence-electron chi connectivity index (χ2n) is 3.25. The Morgan fingerprint density at radius 3 is 2.88 bits per heavy atom. The Kier molecular flexibility index (Phi) is 4.82. The molecule has 0 aliphatic heterocycles. The van der Waals surface area contributed by atoms with Gasteiger partial charge in [-0.1, -0.05) is 6.07 Å². The van der Waals surface area contributed by atoms with Crippen molar-refractivity contribution < 1.29 is 19.4 Å². The number of nitrogens with zero attached hydrogens (tertiary/aromatic N) is 1. The minimum atomic E-state index is -1.07. The van der Waals surface area contributed by atoms with Crippen LogP contribution in [0.15, 0.2) is 18.2 Å². The summed E-state index contributed by atoms with van der Waals surface area (Å²) >= 11 is 0. The lowest BCUT2D eigenvalue weighted by atomic mass is 10.2. The van der Waals surface area contributed by atoms with Gasteiger partial charge >= 0.3 is 5.97 Å². The van der Waals surface area contributed by atoms with Gasteiger partial charge in [-0.2, -0.15) is 5.26 Å². The van der Waals surface area contributed by atoms with Crippen molar-refractivity contribution in [1.82, 2.24) is 0 Å². The van der Waals surface area contributed by atoms with Crippen molar-refractivity contribution in [3.8, 4) is 17.6 Å². The van der Waals surface area contributed by atoms with Gasteiger partial charge in [0.1, 0.15) is 5.56 Å². The van der Waals surface area contributed by atoms with Gasteiger partial charge in [-0.05, 0) is 18.6 Å². The molecule has 0 amide bonds. The third-order valence-corrected chi connectivity index (χ3v) is 2.11. The van der Waals surface area contributed by atoms with E-state index in [9.17, 15) is 4.79 Å². The molecule has 1 rings (SSSR count). The molecule has 0 aliphatic carbocycles. The highest BCUT2D eigenvalue weighted by Crippen LogP contribution is 2.31. The Labute approximate surface area is 99.2 Å². The fraction of sp³-hybridized carbons (Fsp3) is 0.333. The maximum absolute atomic E-state index is 11.0. The van der Waals surface area contributed by atoms with E-state index in [2.05, 4.69) is 0 Å². The van der Waals surface area contributed by atoms with E-state index in [0.29, 0.717) is 18.6 Å². The molecule has 1 N–H and O–H groups in total. The van der Waals surface area contributed by atoms with Crippen LogP contribution in [0.2, 0.25) is 0 Å². The number of unbranched alkanes of at least 4 members (excludes halogenated alkanes) is 1. The van der Waals surface area contributed by atoms with E-state index >= 15 is 0 Å². The second-order valence-corrected chi connectivity index (χ2v) is 3.25. The third kappa shape index (κ3) is 3.38. The summed E-state index contributed by atoms with van der Waals surface area (Å²) < 4.78 is 10.4. The van der Waals surface area contributed by atoms with Gasteiger partial charge in [-0.3, -0.25) is 0 Å². The molecule has 0 unspecified atom stereocenters. The van der Waals surface area contributed by atoms with Crippen LogP contribution in [0.5, 0.6) is 11.5 Å². The first-order chi connectivity index (χ1) is 8.20. The van der Waals surface area contributed by atoms with Crippen LogP contribution in [0, 0.1) is 11.3 Å². The summed E-state index contributed by atoms with van der Waals surface area (Å²) in [6.07, 6.45) is 0.922. The summed E-state index contributed by atoms with van der Waals surface area (Å²) in [7, 11) is 1.45. The summed E-state index contributed by atoms with van der Waals surface area (Å²) in [6.45, 7) is 0.286. The van der Waals surface area contributed by atoms with E-state index in [1.165, 1.54) is 13.2 Å². The van der Waals surface area contributed by atoms with Crippen molar-refractivity contribution in [2.75, 3.05) is 13.7 Å². The zero-order valence-electron chi connectivity index (χ0n) is 9.47. The first-order valence-electron chi connectivity index (χ1n) is 5.10. The summed E-state index contributed by atoms with van der Waals surface area (Å²) in [5.74, 6) is -0.485. The number of nitriles is 1. The van der Waals surface area contributed by atoms with Crippen molar-refractivity contribution in [2.45, 2.75) is 12.8 Å². The van der Waals surface area contributed by atoms with Gasteiger partial charge in [0.15, 0.2) is 11.5 Å². The van der Waals surface area contributed by atoms with E-state index in [-0.39, 0.29) is 17.9 Å². The number of carbonyl (C=O) groups is 1. The number of hydrogen-bond donors (Lipinski definition) is 1. The van der Waals surface area contributed by atoms with E-state index in [4.69, 9.17) is 19.8 Å². The first kappa shape index (κ1) is 12.8. The SMILES string of the molecule is COc1cccc(C(=O)O)c1OCCCC#N. The van der Waals surface area contributed by atoms with Crippen LogP contribution in [-0.2, 0) is 0 Å². The summed E-state index contributed by atoms with van der Waals surface area (Å²) in [4.78, 5) is 11.0. The number of ether oxygens (including phenoxy) is 2. The zero-order valence-corrected chi connectivity index (χ0v) is 9.47. The predicted molar refractivity (Wildman–Crippen MR) is 60.3 cm³/mol. The van der Waals surface area contributed by atoms with Crippen LogP contribution in [0.25, 0.3) is 0 Å². The average Bonchev–Trinajstić information content (AvgIpc) is 2.34. The molecule has 0 bridgehead atoms. The Morgan fingerprint density at radius 2 is 2.29 bits per heavy atom. The molecule has 90 valence electrons. The molecule has 0 fully saturated rings. The fourth-order valence-electron chi connectivity index (χ4n) is 1.32. The standard InChI is InChI=1S/C12H13NO4/c1-16-10-6-4-5-9(12(14)15)11(10)17-8-3-2-7-13/h4-6H,2-3,8H2,1H3,(H,14,15). The van der Waals surface area contributed by atoms with Gasteiger partial charge < -0.3 is 14.6 Å². The molecule has 0 aromatic heterocycles. The Hall–Kier alpha value is -2.22. The van der Waals surface area contributed by atoms with Crippen LogP contribution < -0.4 is 9.47 Å². The van der Waals surface area contributed by atoms with Crippen LogP contribution in [0.1, 0.15) is 23.2 Å². The topological polar surface area (TPSA) is 79.6 Å². The molecule has 0 aliphatic rings. The number of methoxy groups -OCH3 is 1. The lowest BCUT2D eigenvalue weighted by Gasteiger charge is -2.12. The van der Waals surface area contributed by atoms with Gasteiger partial charge in [-0.15, -0.1) is 0 Å². The van der Waals surface area contributed by atoms with Crippen molar-refractivity contribution in [3.63, 3.8) is 0 Å². The quantitative estimate of drug-likeness (QED) is 0.763. The smallest absolute Gasteiger partial charge is 0.339 e. The van der Waals surface area contributed by atoms with Gasteiger partial charge in [0.25, 0.3) is 0 Å². The Balaban J connectivity index is 2.86. The van der Waals surface area contributed by atoms with Crippen LogP contribution in [0.3, 0.4) is 0 Å². The number of benzene rings is 1. The van der Waals surface area contributed by atoms with Gasteiger partial charge in [0.2, 0.25) is 0 Å².